The first-order valence-corrected chi connectivity index (χ1v) is 15.0. The Balaban J connectivity index is 2.07. The number of sulfonamides is 1. The van der Waals surface area contributed by atoms with E-state index in [1.165, 1.54) is 17.0 Å². The zero-order chi connectivity index (χ0) is 29.1. The molecule has 3 aromatic carbocycles. The van der Waals surface area contributed by atoms with Crippen LogP contribution in [-0.2, 0) is 26.2 Å². The molecule has 0 unspecified atom stereocenters. The average Bonchev–Trinajstić information content (AvgIpc) is 2.96. The molecule has 0 aliphatic heterocycles. The molecule has 2 amide bonds. The maximum atomic E-state index is 14.1. The molecule has 0 fully saturated rings. The normalized spacial score (nSPS) is 12.0. The van der Waals surface area contributed by atoms with Gasteiger partial charge in [-0.3, -0.25) is 13.9 Å². The lowest BCUT2D eigenvalue weighted by Gasteiger charge is -2.33. The van der Waals surface area contributed by atoms with Crippen LogP contribution in [0.15, 0.2) is 89.8 Å². The zero-order valence-corrected chi connectivity index (χ0v) is 24.4. The number of hydrogen-bond donors (Lipinski definition) is 1. The van der Waals surface area contributed by atoms with Crippen LogP contribution in [0.4, 0.5) is 5.69 Å². The summed E-state index contributed by atoms with van der Waals surface area (Å²) < 4.78 is 34.8. The minimum Gasteiger partial charge on any atom is -0.492 e. The minimum absolute atomic E-state index is 0.0467. The Morgan fingerprint density at radius 2 is 1.48 bits per heavy atom. The highest BCUT2D eigenvalue weighted by Gasteiger charge is 2.34. The summed E-state index contributed by atoms with van der Waals surface area (Å²) in [5, 5.41) is 2.94. The molecule has 0 bridgehead atoms. The second-order valence-electron chi connectivity index (χ2n) is 9.80. The molecule has 0 saturated heterocycles. The molecule has 8 nitrogen and oxygen atoms in total. The Morgan fingerprint density at radius 1 is 0.875 bits per heavy atom. The van der Waals surface area contributed by atoms with Gasteiger partial charge in [-0.2, -0.15) is 0 Å². The highest BCUT2D eigenvalue weighted by Crippen LogP contribution is 2.33. The highest BCUT2D eigenvalue weighted by molar-refractivity contribution is 7.92. The number of hydrogen-bond acceptors (Lipinski definition) is 5. The van der Waals surface area contributed by atoms with Crippen LogP contribution in [-0.4, -0.2) is 50.9 Å². The van der Waals surface area contributed by atoms with Crippen LogP contribution in [0.3, 0.4) is 0 Å². The van der Waals surface area contributed by atoms with Crippen LogP contribution >= 0.6 is 0 Å². The quantitative estimate of drug-likeness (QED) is 0.301. The summed E-state index contributed by atoms with van der Waals surface area (Å²) in [5.41, 5.74) is 1.08. The number of para-hydroxylation sites is 2. The minimum atomic E-state index is -4.17. The van der Waals surface area contributed by atoms with E-state index in [-0.39, 0.29) is 29.0 Å². The highest BCUT2D eigenvalue weighted by atomic mass is 32.2. The molecule has 0 radical (unpaired) electrons. The molecule has 1 atom stereocenters. The first kappa shape index (κ1) is 30.7. The van der Waals surface area contributed by atoms with Gasteiger partial charge in [0, 0.05) is 13.1 Å². The molecule has 0 heterocycles. The van der Waals surface area contributed by atoms with Gasteiger partial charge in [-0.25, -0.2) is 8.42 Å². The number of carbonyl (C=O) groups is 2. The van der Waals surface area contributed by atoms with Gasteiger partial charge >= 0.3 is 0 Å². The van der Waals surface area contributed by atoms with Crippen molar-refractivity contribution in [1.82, 2.24) is 10.2 Å². The summed E-state index contributed by atoms with van der Waals surface area (Å²) >= 11 is 0. The van der Waals surface area contributed by atoms with E-state index in [0.717, 1.165) is 9.87 Å². The molecule has 0 aromatic heterocycles. The lowest BCUT2D eigenvalue weighted by molar-refractivity contribution is -0.140. The standard InChI is InChI=1S/C31H39N3O5S/c1-5-27(31(36)32-21-24(3)4)33(22-25-15-9-7-10-16-25)30(35)23-34(28-19-13-14-20-29(28)39-6-2)40(37,38)26-17-11-8-12-18-26/h7-20,24,27H,5-6,21-23H2,1-4H3,(H,32,36)/t27-/m0/s1. The number of ether oxygens (including phenoxy) is 1. The molecular formula is C31H39N3O5S. The van der Waals surface area contributed by atoms with Crippen molar-refractivity contribution >= 4 is 27.5 Å². The van der Waals surface area contributed by atoms with Gasteiger partial charge in [0.05, 0.1) is 17.2 Å². The van der Waals surface area contributed by atoms with Gasteiger partial charge < -0.3 is 15.0 Å². The fourth-order valence-electron chi connectivity index (χ4n) is 4.30. The van der Waals surface area contributed by atoms with Crippen LogP contribution in [0, 0.1) is 5.92 Å². The maximum absolute atomic E-state index is 14.1. The second kappa shape index (κ2) is 14.5. The van der Waals surface area contributed by atoms with Crippen molar-refractivity contribution < 1.29 is 22.7 Å². The third kappa shape index (κ3) is 7.85. The molecule has 0 saturated carbocycles. The van der Waals surface area contributed by atoms with Crippen molar-refractivity contribution in [1.29, 1.82) is 0 Å². The molecule has 214 valence electrons. The average molecular weight is 566 g/mol. The number of benzene rings is 3. The Kier molecular flexibility index (Phi) is 11.1. The van der Waals surface area contributed by atoms with Crippen molar-refractivity contribution in [3.05, 3.63) is 90.5 Å². The summed E-state index contributed by atoms with van der Waals surface area (Å²) in [5.74, 6) is -0.191. The molecule has 0 spiro atoms. The van der Waals surface area contributed by atoms with Crippen LogP contribution in [0.2, 0.25) is 0 Å². The van der Waals surface area contributed by atoms with Gasteiger partial charge in [-0.1, -0.05) is 81.4 Å². The van der Waals surface area contributed by atoms with Gasteiger partial charge in [0.25, 0.3) is 10.0 Å². The summed E-state index contributed by atoms with van der Waals surface area (Å²) in [7, 11) is -4.17. The zero-order valence-electron chi connectivity index (χ0n) is 23.6. The molecule has 1 N–H and O–H groups in total. The number of amides is 2. The van der Waals surface area contributed by atoms with E-state index in [4.69, 9.17) is 4.74 Å². The van der Waals surface area contributed by atoms with E-state index in [2.05, 4.69) is 5.32 Å². The van der Waals surface area contributed by atoms with E-state index >= 15 is 0 Å². The molecule has 40 heavy (non-hydrogen) atoms. The van der Waals surface area contributed by atoms with Gasteiger partial charge in [0.15, 0.2) is 0 Å². The van der Waals surface area contributed by atoms with Crippen LogP contribution in [0.5, 0.6) is 5.75 Å². The fourth-order valence-corrected chi connectivity index (χ4v) is 5.74. The monoisotopic (exact) mass is 565 g/mol. The number of nitrogens with one attached hydrogen (secondary N) is 1. The van der Waals surface area contributed by atoms with Crippen molar-refractivity contribution in [2.24, 2.45) is 5.92 Å². The Labute approximate surface area is 238 Å². The number of carbonyl (C=O) groups excluding carboxylic acids is 2. The molecule has 0 aliphatic carbocycles. The first-order valence-electron chi connectivity index (χ1n) is 13.6. The molecule has 9 heteroatoms. The van der Waals surface area contributed by atoms with E-state index in [9.17, 15) is 18.0 Å². The van der Waals surface area contributed by atoms with Crippen molar-refractivity contribution in [2.45, 2.75) is 51.6 Å². The van der Waals surface area contributed by atoms with E-state index in [1.54, 1.807) is 49.4 Å². The van der Waals surface area contributed by atoms with Crippen molar-refractivity contribution in [2.75, 3.05) is 24.0 Å². The van der Waals surface area contributed by atoms with Gasteiger partial charge in [0.2, 0.25) is 11.8 Å². The summed E-state index contributed by atoms with van der Waals surface area (Å²) in [6, 6.07) is 23.3. The van der Waals surface area contributed by atoms with E-state index in [1.807, 2.05) is 51.1 Å². The fraction of sp³-hybridized carbons (Fsp3) is 0.355. The smallest absolute Gasteiger partial charge is 0.264 e. The molecule has 3 aromatic rings. The number of nitrogens with zero attached hydrogens (tertiary/aromatic N) is 2. The first-order chi connectivity index (χ1) is 19.2. The third-order valence-corrected chi connectivity index (χ3v) is 8.08. The molecule has 3 rings (SSSR count). The maximum Gasteiger partial charge on any atom is 0.264 e. The van der Waals surface area contributed by atoms with Gasteiger partial charge in [-0.15, -0.1) is 0 Å². The summed E-state index contributed by atoms with van der Waals surface area (Å²) in [6.07, 6.45) is 0.365. The largest absolute Gasteiger partial charge is 0.492 e. The van der Waals surface area contributed by atoms with Crippen molar-refractivity contribution in [3.8, 4) is 5.75 Å². The van der Waals surface area contributed by atoms with Gasteiger partial charge in [-0.05, 0) is 49.1 Å². The predicted molar refractivity (Wildman–Crippen MR) is 158 cm³/mol. The lowest BCUT2D eigenvalue weighted by atomic mass is 10.1. The Morgan fingerprint density at radius 3 is 2.08 bits per heavy atom. The topological polar surface area (TPSA) is 96.0 Å². The predicted octanol–water partition coefficient (Wildman–Crippen LogP) is 4.86. The Bertz CT molecular complexity index is 1350. The van der Waals surface area contributed by atoms with E-state index in [0.29, 0.717) is 25.3 Å². The van der Waals surface area contributed by atoms with Crippen molar-refractivity contribution in [3.63, 3.8) is 0 Å². The van der Waals surface area contributed by atoms with Crippen LogP contribution in [0.1, 0.15) is 39.7 Å². The van der Waals surface area contributed by atoms with E-state index < -0.39 is 28.5 Å². The second-order valence-corrected chi connectivity index (χ2v) is 11.7. The van der Waals surface area contributed by atoms with Gasteiger partial charge in [0.1, 0.15) is 18.3 Å². The number of rotatable bonds is 14. The SMILES string of the molecule is CCOc1ccccc1N(CC(=O)N(Cc1ccccc1)[C@@H](CC)C(=O)NCC(C)C)S(=O)(=O)c1ccccc1. The third-order valence-electron chi connectivity index (χ3n) is 6.31. The molecule has 0 aliphatic rings. The van der Waals surface area contributed by atoms with Crippen LogP contribution < -0.4 is 14.4 Å². The summed E-state index contributed by atoms with van der Waals surface area (Å²) in [6.45, 7) is 8.07. The van der Waals surface area contributed by atoms with Crippen LogP contribution in [0.25, 0.3) is 0 Å². The number of anilines is 1. The summed E-state index contributed by atoms with van der Waals surface area (Å²) in [4.78, 5) is 28.9. The molecular weight excluding hydrogens is 526 g/mol. The lowest BCUT2D eigenvalue weighted by Crippen LogP contribution is -2.52. The Hall–Kier alpha value is -3.85.